The number of nitrogens with zero attached hydrogens (tertiary/aromatic N) is 1. The monoisotopic (exact) mass is 765 g/mol. The summed E-state index contributed by atoms with van der Waals surface area (Å²) in [7, 11) is 0. The zero-order chi connectivity index (χ0) is 39.9. The molecule has 1 heteroatoms. The maximum atomic E-state index is 2.54. The molecular weight excluding hydrogens is 723 g/mol. The normalized spacial score (nSPS) is 16.2. The van der Waals surface area contributed by atoms with Crippen LogP contribution in [0, 0.1) is 5.92 Å². The van der Waals surface area contributed by atoms with Crippen LogP contribution in [-0.2, 0) is 5.41 Å². The Morgan fingerprint density at radius 2 is 0.967 bits per heavy atom. The van der Waals surface area contributed by atoms with Gasteiger partial charge in [0.2, 0.25) is 0 Å². The van der Waals surface area contributed by atoms with Gasteiger partial charge in [0.1, 0.15) is 0 Å². The molecule has 0 bridgehead atoms. The van der Waals surface area contributed by atoms with E-state index in [4.69, 9.17) is 0 Å². The fourth-order valence-electron chi connectivity index (χ4n) is 10.2. The number of anilines is 2. The van der Waals surface area contributed by atoms with E-state index in [0.717, 1.165) is 11.4 Å². The molecule has 2 aliphatic carbocycles. The van der Waals surface area contributed by atoms with Crippen LogP contribution in [-0.4, -0.2) is 0 Å². The molecule has 0 aliphatic heterocycles. The summed E-state index contributed by atoms with van der Waals surface area (Å²) in [4.78, 5) is 2.54. The molecule has 0 N–H and O–H groups in total. The van der Waals surface area contributed by atoms with Crippen molar-refractivity contribution in [1.29, 1.82) is 0 Å². The van der Waals surface area contributed by atoms with Crippen LogP contribution in [0.1, 0.15) is 28.2 Å². The molecule has 1 nitrogen and oxygen atoms in total. The number of hydrogen-bond donors (Lipinski definition) is 0. The van der Waals surface area contributed by atoms with Gasteiger partial charge >= 0.3 is 0 Å². The SMILES string of the molecule is C1=CC2C(C(N(c3ccc(-c4cccc(-c5ccc6ccccc6c5)c4)cc3)c3ccccc3-c3ccccc3)=C1)c1ccccc1C2(c1ccccc1)c1ccccc1. The highest BCUT2D eigenvalue weighted by Crippen LogP contribution is 2.62. The smallest absolute Gasteiger partial charge is 0.0537 e. The second-order valence-electron chi connectivity index (χ2n) is 16.0. The summed E-state index contributed by atoms with van der Waals surface area (Å²) >= 11 is 0. The Labute approximate surface area is 352 Å². The van der Waals surface area contributed by atoms with E-state index in [1.807, 2.05) is 0 Å². The van der Waals surface area contributed by atoms with Gasteiger partial charge in [-0.05, 0) is 97.3 Å². The third kappa shape index (κ3) is 5.93. The lowest BCUT2D eigenvalue weighted by atomic mass is 9.63. The molecule has 9 aromatic carbocycles. The summed E-state index contributed by atoms with van der Waals surface area (Å²) in [5.41, 5.74) is 15.7. The zero-order valence-electron chi connectivity index (χ0n) is 33.3. The highest BCUT2D eigenvalue weighted by molar-refractivity contribution is 5.89. The molecule has 0 saturated carbocycles. The van der Waals surface area contributed by atoms with Gasteiger partial charge in [0.05, 0.1) is 11.1 Å². The van der Waals surface area contributed by atoms with Gasteiger partial charge in [-0.3, -0.25) is 0 Å². The van der Waals surface area contributed by atoms with Gasteiger partial charge in [-0.25, -0.2) is 0 Å². The molecule has 0 heterocycles. The van der Waals surface area contributed by atoms with Crippen LogP contribution in [0.3, 0.4) is 0 Å². The molecule has 0 radical (unpaired) electrons. The minimum absolute atomic E-state index is 0.0775. The first-order valence-electron chi connectivity index (χ1n) is 21.0. The average molecular weight is 766 g/mol. The van der Waals surface area contributed by atoms with Crippen LogP contribution < -0.4 is 4.90 Å². The summed E-state index contributed by atoms with van der Waals surface area (Å²) in [5, 5.41) is 2.51. The van der Waals surface area contributed by atoms with Gasteiger partial charge in [0.15, 0.2) is 0 Å². The van der Waals surface area contributed by atoms with Crippen molar-refractivity contribution in [2.24, 2.45) is 5.92 Å². The molecule has 0 amide bonds. The fourth-order valence-corrected chi connectivity index (χ4v) is 10.2. The third-order valence-corrected chi connectivity index (χ3v) is 12.8. The molecule has 2 atom stereocenters. The van der Waals surface area contributed by atoms with Gasteiger partial charge < -0.3 is 4.90 Å². The van der Waals surface area contributed by atoms with E-state index in [2.05, 4.69) is 254 Å². The quantitative estimate of drug-likeness (QED) is 0.149. The predicted octanol–water partition coefficient (Wildman–Crippen LogP) is 15.2. The Kier molecular flexibility index (Phi) is 8.94. The van der Waals surface area contributed by atoms with Gasteiger partial charge in [-0.1, -0.05) is 212 Å². The number of hydrogen-bond acceptors (Lipinski definition) is 1. The Morgan fingerprint density at radius 3 is 1.72 bits per heavy atom. The Balaban J connectivity index is 1.07. The van der Waals surface area contributed by atoms with Crippen LogP contribution in [0.25, 0.3) is 44.2 Å². The van der Waals surface area contributed by atoms with Crippen molar-refractivity contribution in [3.8, 4) is 33.4 Å². The lowest BCUT2D eigenvalue weighted by Crippen LogP contribution is -2.37. The van der Waals surface area contributed by atoms with Gasteiger partial charge in [-0.15, -0.1) is 0 Å². The van der Waals surface area contributed by atoms with Crippen LogP contribution in [0.2, 0.25) is 0 Å². The van der Waals surface area contributed by atoms with Gasteiger partial charge in [-0.2, -0.15) is 0 Å². The van der Waals surface area contributed by atoms with Crippen molar-refractivity contribution in [3.63, 3.8) is 0 Å². The maximum absolute atomic E-state index is 2.54. The Hall–Kier alpha value is -7.48. The minimum Gasteiger partial charge on any atom is -0.313 e. The summed E-state index contributed by atoms with van der Waals surface area (Å²) in [6, 6.07) is 84.8. The molecule has 0 fully saturated rings. The predicted molar refractivity (Wildman–Crippen MR) is 251 cm³/mol. The van der Waals surface area contributed by atoms with E-state index in [1.54, 1.807) is 0 Å². The highest BCUT2D eigenvalue weighted by Gasteiger charge is 2.55. The number of fused-ring (bicyclic) bond motifs is 4. The fraction of sp³-hybridized carbons (Fsp3) is 0.0508. The minimum atomic E-state index is -0.385. The first-order chi connectivity index (χ1) is 29.8. The summed E-state index contributed by atoms with van der Waals surface area (Å²) in [5.74, 6) is 0.206. The summed E-state index contributed by atoms with van der Waals surface area (Å²) in [6.45, 7) is 0. The van der Waals surface area contributed by atoms with Gasteiger partial charge in [0.25, 0.3) is 0 Å². The molecule has 9 aromatic rings. The van der Waals surface area contributed by atoms with Crippen molar-refractivity contribution in [1.82, 2.24) is 0 Å². The van der Waals surface area contributed by atoms with E-state index < -0.39 is 0 Å². The van der Waals surface area contributed by atoms with Crippen LogP contribution >= 0.6 is 0 Å². The topological polar surface area (TPSA) is 3.24 Å². The Bertz CT molecular complexity index is 2990. The molecule has 60 heavy (non-hydrogen) atoms. The molecule has 2 unspecified atom stereocenters. The van der Waals surface area contributed by atoms with Crippen molar-refractivity contribution in [2.45, 2.75) is 11.3 Å². The summed E-state index contributed by atoms with van der Waals surface area (Å²) < 4.78 is 0. The second-order valence-corrected chi connectivity index (χ2v) is 16.0. The molecule has 284 valence electrons. The summed E-state index contributed by atoms with van der Waals surface area (Å²) in [6.07, 6.45) is 7.15. The molecular formula is C59H43N. The zero-order valence-corrected chi connectivity index (χ0v) is 33.3. The number of benzene rings is 9. The molecule has 0 aromatic heterocycles. The van der Waals surface area contributed by atoms with Crippen LogP contribution in [0.5, 0.6) is 0 Å². The number of allylic oxidation sites excluding steroid dienone is 4. The third-order valence-electron chi connectivity index (χ3n) is 12.8. The number of rotatable bonds is 8. The Morgan fingerprint density at radius 1 is 0.400 bits per heavy atom. The molecule has 0 spiro atoms. The molecule has 2 aliphatic rings. The van der Waals surface area contributed by atoms with E-state index in [1.165, 1.54) is 72.1 Å². The van der Waals surface area contributed by atoms with E-state index in [9.17, 15) is 0 Å². The number of para-hydroxylation sites is 1. The van der Waals surface area contributed by atoms with Crippen molar-refractivity contribution in [2.75, 3.05) is 4.90 Å². The molecule has 0 saturated heterocycles. The molecule has 11 rings (SSSR count). The average Bonchev–Trinajstić information content (AvgIpc) is 3.64. The first kappa shape index (κ1) is 35.7. The van der Waals surface area contributed by atoms with E-state index in [-0.39, 0.29) is 17.3 Å². The van der Waals surface area contributed by atoms with Crippen LogP contribution in [0.15, 0.2) is 254 Å². The lowest BCUT2D eigenvalue weighted by Gasteiger charge is -2.42. The van der Waals surface area contributed by atoms with Gasteiger partial charge in [0, 0.05) is 28.8 Å². The lowest BCUT2D eigenvalue weighted by molar-refractivity contribution is 0.443. The standard InChI is InChI=1S/C59H43N/c1-4-19-44(20-5-1)52-28-13-15-32-56(52)60(51-38-36-43(37-39-51)46-22-16-23-47(40-46)48-35-34-42-18-10-11-21-45(42)41-48)57-33-17-31-55-58(57)53-29-12-14-30-54(53)59(55,49-24-6-2-7-25-49)50-26-8-3-9-27-50/h1-41,55,58H. The van der Waals surface area contributed by atoms with Crippen molar-refractivity contribution >= 4 is 22.1 Å². The maximum Gasteiger partial charge on any atom is 0.0537 e. The van der Waals surface area contributed by atoms with Crippen LogP contribution in [0.4, 0.5) is 11.4 Å². The van der Waals surface area contributed by atoms with Crippen molar-refractivity contribution in [3.05, 3.63) is 277 Å². The van der Waals surface area contributed by atoms with E-state index in [0.29, 0.717) is 0 Å². The van der Waals surface area contributed by atoms with E-state index >= 15 is 0 Å². The highest BCUT2D eigenvalue weighted by atomic mass is 15.2. The first-order valence-corrected chi connectivity index (χ1v) is 21.0. The van der Waals surface area contributed by atoms with Crippen molar-refractivity contribution < 1.29 is 0 Å². The second kappa shape index (κ2) is 15.0. The largest absolute Gasteiger partial charge is 0.313 e.